The van der Waals surface area contributed by atoms with E-state index in [1.165, 1.54) is 18.7 Å². The molecule has 7 nitrogen and oxygen atoms in total. The van der Waals surface area contributed by atoms with Crippen LogP contribution in [0.1, 0.15) is 23.0 Å². The maximum atomic E-state index is 12.2. The van der Waals surface area contributed by atoms with Crippen LogP contribution in [-0.4, -0.2) is 51.1 Å². The van der Waals surface area contributed by atoms with E-state index in [1.807, 2.05) is 0 Å². The van der Waals surface area contributed by atoms with Gasteiger partial charge in [-0.1, -0.05) is 0 Å². The summed E-state index contributed by atoms with van der Waals surface area (Å²) in [6.07, 6.45) is 1.70. The van der Waals surface area contributed by atoms with Gasteiger partial charge in [0.2, 0.25) is 0 Å². The van der Waals surface area contributed by atoms with Crippen LogP contribution in [0.5, 0.6) is 0 Å². The number of aromatic amines is 1. The minimum atomic E-state index is -1.13. The van der Waals surface area contributed by atoms with E-state index in [4.69, 9.17) is 10.2 Å². The highest BCUT2D eigenvalue weighted by atomic mass is 32.2. The Hall–Kier alpha value is -1.38. The number of hydrogen-bond acceptors (Lipinski definition) is 6. The third-order valence-electron chi connectivity index (χ3n) is 2.62. The van der Waals surface area contributed by atoms with Crippen LogP contribution in [-0.2, 0) is 0 Å². The fourth-order valence-electron chi connectivity index (χ4n) is 1.44. The second-order valence-corrected chi connectivity index (χ2v) is 5.18. The molecule has 1 amide bonds. The van der Waals surface area contributed by atoms with Gasteiger partial charge in [-0.15, -0.1) is 11.8 Å². The van der Waals surface area contributed by atoms with E-state index >= 15 is 0 Å². The van der Waals surface area contributed by atoms with Crippen molar-refractivity contribution >= 4 is 17.7 Å². The first-order valence-electron chi connectivity index (χ1n) is 5.56. The van der Waals surface area contributed by atoms with Crippen molar-refractivity contribution in [3.8, 4) is 0 Å². The number of aromatic nitrogens is 2. The predicted octanol–water partition coefficient (Wildman–Crippen LogP) is -0.727. The Morgan fingerprint density at radius 2 is 2.05 bits per heavy atom. The molecule has 0 spiro atoms. The van der Waals surface area contributed by atoms with E-state index in [9.17, 15) is 9.59 Å². The first-order chi connectivity index (χ1) is 8.86. The van der Waals surface area contributed by atoms with Crippen LogP contribution in [0.15, 0.2) is 9.82 Å². The van der Waals surface area contributed by atoms with Gasteiger partial charge in [-0.2, -0.15) is 4.98 Å². The fourth-order valence-corrected chi connectivity index (χ4v) is 2.06. The van der Waals surface area contributed by atoms with Gasteiger partial charge in [0.05, 0.1) is 24.3 Å². The summed E-state index contributed by atoms with van der Waals surface area (Å²) < 4.78 is 0. The monoisotopic (exact) mass is 287 g/mol. The number of carbonyl (C=O) groups is 1. The molecule has 0 fully saturated rings. The van der Waals surface area contributed by atoms with Gasteiger partial charge in [0.15, 0.2) is 0 Å². The lowest BCUT2D eigenvalue weighted by molar-refractivity contribution is 0.0719. The van der Waals surface area contributed by atoms with E-state index in [0.717, 1.165) is 0 Å². The van der Waals surface area contributed by atoms with Crippen LogP contribution in [0.25, 0.3) is 0 Å². The fraction of sp³-hybridized carbons (Fsp3) is 0.545. The highest BCUT2D eigenvalue weighted by molar-refractivity contribution is 7.98. The summed E-state index contributed by atoms with van der Waals surface area (Å²) in [4.78, 5) is 29.6. The van der Waals surface area contributed by atoms with E-state index in [-0.39, 0.29) is 5.56 Å². The number of thioether (sulfide) groups is 1. The molecule has 0 aliphatic heterocycles. The number of aliphatic hydroxyl groups excluding tert-OH is 2. The summed E-state index contributed by atoms with van der Waals surface area (Å²) >= 11 is 1.18. The Labute approximate surface area is 114 Å². The number of aliphatic hydroxyl groups is 2. The van der Waals surface area contributed by atoms with Crippen molar-refractivity contribution in [2.75, 3.05) is 19.5 Å². The zero-order chi connectivity index (χ0) is 14.6. The molecule has 0 unspecified atom stereocenters. The van der Waals surface area contributed by atoms with Crippen molar-refractivity contribution in [3.63, 3.8) is 0 Å². The molecule has 0 bridgehead atoms. The second kappa shape index (κ2) is 6.18. The number of aryl methyl sites for hydroxylation is 1. The SMILES string of the molecule is CSc1nc(=O)[nH]c(C)c1C(=O)NC(C)(CO)CO. The van der Waals surface area contributed by atoms with Crippen molar-refractivity contribution < 1.29 is 15.0 Å². The predicted molar refractivity (Wildman–Crippen MR) is 71.4 cm³/mol. The van der Waals surface area contributed by atoms with Gasteiger partial charge in [-0.25, -0.2) is 4.79 Å². The second-order valence-electron chi connectivity index (χ2n) is 4.38. The van der Waals surface area contributed by atoms with Crippen LogP contribution < -0.4 is 11.0 Å². The van der Waals surface area contributed by atoms with Crippen molar-refractivity contribution in [2.45, 2.75) is 24.4 Å². The number of nitrogens with zero attached hydrogens (tertiary/aromatic N) is 1. The Balaban J connectivity index is 3.16. The minimum absolute atomic E-state index is 0.236. The van der Waals surface area contributed by atoms with Gasteiger partial charge in [-0.05, 0) is 20.1 Å². The molecule has 0 radical (unpaired) electrons. The Bertz CT molecular complexity index is 525. The average molecular weight is 287 g/mol. The third kappa shape index (κ3) is 3.55. The molecule has 1 aromatic rings. The quantitative estimate of drug-likeness (QED) is 0.419. The van der Waals surface area contributed by atoms with Crippen molar-refractivity contribution in [2.24, 2.45) is 0 Å². The van der Waals surface area contributed by atoms with Crippen LogP contribution in [0.2, 0.25) is 0 Å². The van der Waals surface area contributed by atoms with Gasteiger partial charge in [-0.3, -0.25) is 4.79 Å². The number of H-pyrrole nitrogens is 1. The van der Waals surface area contributed by atoms with E-state index in [1.54, 1.807) is 13.2 Å². The molecule has 0 atom stereocenters. The van der Waals surface area contributed by atoms with E-state index < -0.39 is 30.3 Å². The standard InChI is InChI=1S/C11H17N3O4S/c1-6-7(9(19-3)13-10(18)12-6)8(17)14-11(2,4-15)5-16/h15-16H,4-5H2,1-3H3,(H,14,17)(H,12,13,18). The third-order valence-corrected chi connectivity index (χ3v) is 3.30. The lowest BCUT2D eigenvalue weighted by Gasteiger charge is -2.26. The summed E-state index contributed by atoms with van der Waals surface area (Å²) in [6.45, 7) is 2.30. The normalized spacial score (nSPS) is 11.4. The van der Waals surface area contributed by atoms with Gasteiger partial charge >= 0.3 is 5.69 Å². The smallest absolute Gasteiger partial charge is 0.346 e. The van der Waals surface area contributed by atoms with E-state index in [2.05, 4.69) is 15.3 Å². The highest BCUT2D eigenvalue weighted by Gasteiger charge is 2.27. The molecular weight excluding hydrogens is 270 g/mol. The van der Waals surface area contributed by atoms with Gasteiger partial charge in [0.1, 0.15) is 5.03 Å². The summed E-state index contributed by atoms with van der Waals surface area (Å²) in [5.41, 5.74) is -1.03. The number of amides is 1. The van der Waals surface area contributed by atoms with Gasteiger partial charge < -0.3 is 20.5 Å². The number of nitrogens with one attached hydrogen (secondary N) is 2. The van der Waals surface area contributed by atoms with Gasteiger partial charge in [0.25, 0.3) is 5.91 Å². The molecule has 0 saturated carbocycles. The molecule has 1 heterocycles. The molecular formula is C11H17N3O4S. The Morgan fingerprint density at radius 3 is 2.53 bits per heavy atom. The van der Waals surface area contributed by atoms with Crippen molar-refractivity contribution in [1.29, 1.82) is 0 Å². The molecule has 0 aromatic carbocycles. The molecule has 4 N–H and O–H groups in total. The maximum absolute atomic E-state index is 12.2. The molecule has 106 valence electrons. The first kappa shape index (κ1) is 15.7. The average Bonchev–Trinajstić information content (AvgIpc) is 2.37. The first-order valence-corrected chi connectivity index (χ1v) is 6.78. The van der Waals surface area contributed by atoms with Crippen LogP contribution in [0, 0.1) is 6.92 Å². The lowest BCUT2D eigenvalue weighted by Crippen LogP contribution is -2.52. The summed E-state index contributed by atoms with van der Waals surface area (Å²) in [5.74, 6) is -0.504. The van der Waals surface area contributed by atoms with Crippen molar-refractivity contribution in [3.05, 3.63) is 21.7 Å². The van der Waals surface area contributed by atoms with Crippen LogP contribution in [0.3, 0.4) is 0 Å². The summed E-state index contributed by atoms with van der Waals surface area (Å²) in [5, 5.41) is 21.2. The summed E-state index contributed by atoms with van der Waals surface area (Å²) in [6, 6.07) is 0. The minimum Gasteiger partial charge on any atom is -0.394 e. The van der Waals surface area contributed by atoms with E-state index in [0.29, 0.717) is 10.7 Å². The molecule has 1 aromatic heterocycles. The molecule has 0 aliphatic rings. The Morgan fingerprint density at radius 1 is 1.47 bits per heavy atom. The Kier molecular flexibility index (Phi) is 5.10. The molecule has 8 heteroatoms. The molecule has 0 aliphatic carbocycles. The molecule has 19 heavy (non-hydrogen) atoms. The topological polar surface area (TPSA) is 115 Å². The van der Waals surface area contributed by atoms with Crippen molar-refractivity contribution in [1.82, 2.24) is 15.3 Å². The highest BCUT2D eigenvalue weighted by Crippen LogP contribution is 2.18. The number of rotatable bonds is 5. The molecule has 0 saturated heterocycles. The summed E-state index contributed by atoms with van der Waals surface area (Å²) in [7, 11) is 0. The largest absolute Gasteiger partial charge is 0.394 e. The van der Waals surface area contributed by atoms with Gasteiger partial charge in [0, 0.05) is 5.69 Å². The zero-order valence-corrected chi connectivity index (χ0v) is 11.8. The number of hydrogen-bond donors (Lipinski definition) is 4. The maximum Gasteiger partial charge on any atom is 0.346 e. The van der Waals surface area contributed by atoms with Crippen LogP contribution in [0.4, 0.5) is 0 Å². The number of carbonyl (C=O) groups excluding carboxylic acids is 1. The zero-order valence-electron chi connectivity index (χ0n) is 11.0. The lowest BCUT2D eigenvalue weighted by atomic mass is 10.0. The molecule has 1 rings (SSSR count). The van der Waals surface area contributed by atoms with Crippen LogP contribution >= 0.6 is 11.8 Å².